The van der Waals surface area contributed by atoms with Crippen LogP contribution in [0.5, 0.6) is 5.75 Å². The Bertz CT molecular complexity index is 616. The summed E-state index contributed by atoms with van der Waals surface area (Å²) in [4.78, 5) is 16.5. The highest BCUT2D eigenvalue weighted by molar-refractivity contribution is 5.46. The molecular formula is C15H15N3O3. The number of non-ortho nitro benzene ring substituents is 1. The first-order valence-electron chi connectivity index (χ1n) is 6.78. The topological polar surface area (TPSA) is 68.5 Å². The molecule has 0 amide bonds. The van der Waals surface area contributed by atoms with Gasteiger partial charge in [-0.1, -0.05) is 0 Å². The summed E-state index contributed by atoms with van der Waals surface area (Å²) in [6, 6.07) is 10.2. The normalized spacial score (nSPS) is 17.7. The third kappa shape index (κ3) is 3.10. The van der Waals surface area contributed by atoms with E-state index in [0.29, 0.717) is 5.75 Å². The lowest BCUT2D eigenvalue weighted by Gasteiger charge is -2.18. The molecule has 1 aromatic heterocycles. The van der Waals surface area contributed by atoms with Crippen molar-refractivity contribution in [2.24, 2.45) is 0 Å². The molecule has 1 saturated heterocycles. The average Bonchev–Trinajstić information content (AvgIpc) is 2.97. The molecular weight excluding hydrogens is 270 g/mol. The Balaban J connectivity index is 1.61. The molecule has 1 atom stereocenters. The zero-order chi connectivity index (χ0) is 14.7. The molecule has 6 heteroatoms. The molecule has 2 aromatic rings. The van der Waals surface area contributed by atoms with Gasteiger partial charge in [0.2, 0.25) is 0 Å². The largest absolute Gasteiger partial charge is 0.489 e. The van der Waals surface area contributed by atoms with Crippen LogP contribution in [-0.4, -0.2) is 29.1 Å². The number of rotatable bonds is 4. The quantitative estimate of drug-likeness (QED) is 0.638. The second-order valence-corrected chi connectivity index (χ2v) is 4.93. The fourth-order valence-electron chi connectivity index (χ4n) is 2.45. The SMILES string of the molecule is O=[N+]([O-])c1ccc(OC2CCN(c3ccncc3)C2)cc1. The molecule has 108 valence electrons. The van der Waals surface area contributed by atoms with Gasteiger partial charge in [-0.3, -0.25) is 15.1 Å². The molecule has 3 rings (SSSR count). The minimum Gasteiger partial charge on any atom is -0.489 e. The molecule has 1 aromatic carbocycles. The third-order valence-corrected chi connectivity index (χ3v) is 3.52. The summed E-state index contributed by atoms with van der Waals surface area (Å²) in [5.41, 5.74) is 1.21. The number of anilines is 1. The Kier molecular flexibility index (Phi) is 3.68. The smallest absolute Gasteiger partial charge is 0.269 e. The first kappa shape index (κ1) is 13.4. The minimum atomic E-state index is -0.412. The lowest BCUT2D eigenvalue weighted by Crippen LogP contribution is -2.24. The maximum atomic E-state index is 10.6. The van der Waals surface area contributed by atoms with Gasteiger partial charge in [-0.05, 0) is 24.3 Å². The second-order valence-electron chi connectivity index (χ2n) is 4.93. The summed E-state index contributed by atoms with van der Waals surface area (Å²) in [6.45, 7) is 1.74. The summed E-state index contributed by atoms with van der Waals surface area (Å²) in [5, 5.41) is 10.6. The number of nitrogens with zero attached hydrogens (tertiary/aromatic N) is 3. The summed E-state index contributed by atoms with van der Waals surface area (Å²) < 4.78 is 5.88. The second kappa shape index (κ2) is 5.78. The summed E-state index contributed by atoms with van der Waals surface area (Å²) in [5.74, 6) is 0.669. The maximum Gasteiger partial charge on any atom is 0.269 e. The van der Waals surface area contributed by atoms with Gasteiger partial charge < -0.3 is 9.64 Å². The Hall–Kier alpha value is -2.63. The number of hydrogen-bond acceptors (Lipinski definition) is 5. The van der Waals surface area contributed by atoms with E-state index in [1.54, 1.807) is 24.5 Å². The van der Waals surface area contributed by atoms with Gasteiger partial charge in [-0.2, -0.15) is 0 Å². The van der Waals surface area contributed by atoms with Crippen LogP contribution in [0.25, 0.3) is 0 Å². The first-order valence-corrected chi connectivity index (χ1v) is 6.78. The highest BCUT2D eigenvalue weighted by Gasteiger charge is 2.24. The van der Waals surface area contributed by atoms with Crippen LogP contribution in [-0.2, 0) is 0 Å². The lowest BCUT2D eigenvalue weighted by atomic mass is 10.3. The van der Waals surface area contributed by atoms with Gasteiger partial charge >= 0.3 is 0 Å². The van der Waals surface area contributed by atoms with Crippen molar-refractivity contribution in [3.63, 3.8) is 0 Å². The lowest BCUT2D eigenvalue weighted by molar-refractivity contribution is -0.384. The number of pyridine rings is 1. The van der Waals surface area contributed by atoms with Gasteiger partial charge in [0.25, 0.3) is 5.69 Å². The number of hydrogen-bond donors (Lipinski definition) is 0. The van der Waals surface area contributed by atoms with E-state index < -0.39 is 4.92 Å². The van der Waals surface area contributed by atoms with Gasteiger partial charge in [0.15, 0.2) is 0 Å². The highest BCUT2D eigenvalue weighted by atomic mass is 16.6. The van der Waals surface area contributed by atoms with Crippen LogP contribution >= 0.6 is 0 Å². The van der Waals surface area contributed by atoms with Gasteiger partial charge in [0.05, 0.1) is 11.5 Å². The molecule has 1 fully saturated rings. The van der Waals surface area contributed by atoms with E-state index in [9.17, 15) is 10.1 Å². The predicted molar refractivity (Wildman–Crippen MR) is 78.6 cm³/mol. The number of benzene rings is 1. The van der Waals surface area contributed by atoms with E-state index in [0.717, 1.165) is 25.2 Å². The van der Waals surface area contributed by atoms with Crippen molar-refractivity contribution in [1.29, 1.82) is 0 Å². The van der Waals surface area contributed by atoms with E-state index >= 15 is 0 Å². The molecule has 0 radical (unpaired) electrons. The van der Waals surface area contributed by atoms with Gasteiger partial charge in [0.1, 0.15) is 11.9 Å². The van der Waals surface area contributed by atoms with Crippen molar-refractivity contribution >= 4 is 11.4 Å². The molecule has 0 N–H and O–H groups in total. The van der Waals surface area contributed by atoms with Crippen LogP contribution in [0.4, 0.5) is 11.4 Å². The highest BCUT2D eigenvalue weighted by Crippen LogP contribution is 2.24. The average molecular weight is 285 g/mol. The number of nitro groups is 1. The summed E-state index contributed by atoms with van der Waals surface area (Å²) in [7, 11) is 0. The molecule has 1 aliphatic rings. The summed E-state index contributed by atoms with van der Waals surface area (Å²) in [6.07, 6.45) is 4.58. The Morgan fingerprint density at radius 1 is 1.19 bits per heavy atom. The molecule has 0 bridgehead atoms. The van der Waals surface area contributed by atoms with Crippen LogP contribution in [0.15, 0.2) is 48.8 Å². The van der Waals surface area contributed by atoms with Crippen LogP contribution < -0.4 is 9.64 Å². The fraction of sp³-hybridized carbons (Fsp3) is 0.267. The molecule has 2 heterocycles. The number of aromatic nitrogens is 1. The molecule has 21 heavy (non-hydrogen) atoms. The zero-order valence-electron chi connectivity index (χ0n) is 11.4. The number of ether oxygens (including phenoxy) is 1. The monoisotopic (exact) mass is 285 g/mol. The Labute approximate surface area is 122 Å². The zero-order valence-corrected chi connectivity index (χ0v) is 11.4. The van der Waals surface area contributed by atoms with Gasteiger partial charge in [0, 0.05) is 43.2 Å². The molecule has 6 nitrogen and oxygen atoms in total. The van der Waals surface area contributed by atoms with E-state index in [1.165, 1.54) is 12.1 Å². The van der Waals surface area contributed by atoms with Gasteiger partial charge in [-0.15, -0.1) is 0 Å². The van der Waals surface area contributed by atoms with Crippen LogP contribution in [0.1, 0.15) is 6.42 Å². The first-order chi connectivity index (χ1) is 10.2. The van der Waals surface area contributed by atoms with Crippen molar-refractivity contribution in [2.75, 3.05) is 18.0 Å². The van der Waals surface area contributed by atoms with Crippen LogP contribution in [0, 0.1) is 10.1 Å². The Morgan fingerprint density at radius 3 is 2.57 bits per heavy atom. The minimum absolute atomic E-state index is 0.0761. The van der Waals surface area contributed by atoms with E-state index in [1.807, 2.05) is 12.1 Å². The van der Waals surface area contributed by atoms with E-state index in [4.69, 9.17) is 4.74 Å². The Morgan fingerprint density at radius 2 is 1.90 bits per heavy atom. The standard InChI is InChI=1S/C15H15N3O3/c19-18(20)13-1-3-14(4-2-13)21-15-7-10-17(11-15)12-5-8-16-9-6-12/h1-6,8-9,15H,7,10-11H2. The van der Waals surface area contributed by atoms with E-state index in [2.05, 4.69) is 9.88 Å². The molecule has 1 aliphatic heterocycles. The van der Waals surface area contributed by atoms with E-state index in [-0.39, 0.29) is 11.8 Å². The van der Waals surface area contributed by atoms with Crippen LogP contribution in [0.2, 0.25) is 0 Å². The number of nitro benzene ring substituents is 1. The molecule has 0 aliphatic carbocycles. The maximum absolute atomic E-state index is 10.6. The van der Waals surface area contributed by atoms with Crippen molar-refractivity contribution in [1.82, 2.24) is 4.98 Å². The third-order valence-electron chi connectivity index (χ3n) is 3.52. The van der Waals surface area contributed by atoms with Crippen LogP contribution in [0.3, 0.4) is 0 Å². The predicted octanol–water partition coefficient (Wildman–Crippen LogP) is 2.65. The van der Waals surface area contributed by atoms with Crippen molar-refractivity contribution < 1.29 is 9.66 Å². The van der Waals surface area contributed by atoms with Crippen molar-refractivity contribution in [3.05, 3.63) is 58.9 Å². The molecule has 0 saturated carbocycles. The fourth-order valence-corrected chi connectivity index (χ4v) is 2.45. The summed E-state index contributed by atoms with van der Waals surface area (Å²) >= 11 is 0. The van der Waals surface area contributed by atoms with Crippen molar-refractivity contribution in [3.8, 4) is 5.75 Å². The molecule has 1 unspecified atom stereocenters. The van der Waals surface area contributed by atoms with Gasteiger partial charge in [-0.25, -0.2) is 0 Å². The van der Waals surface area contributed by atoms with Crippen molar-refractivity contribution in [2.45, 2.75) is 12.5 Å². The molecule has 0 spiro atoms.